The number of nitrogens with zero attached hydrogens (tertiary/aromatic N) is 3. The monoisotopic (exact) mass is 363 g/mol. The van der Waals surface area contributed by atoms with Gasteiger partial charge in [0.05, 0.1) is 22.8 Å². The molecule has 3 rings (SSSR count). The summed E-state index contributed by atoms with van der Waals surface area (Å²) in [7, 11) is 0. The van der Waals surface area contributed by atoms with Gasteiger partial charge in [-0.25, -0.2) is 9.97 Å². The molecule has 2 aromatic heterocycles. The molecule has 1 aromatic carbocycles. The summed E-state index contributed by atoms with van der Waals surface area (Å²) in [6.07, 6.45) is -3.54. The van der Waals surface area contributed by atoms with Crippen LogP contribution in [0.5, 0.6) is 5.75 Å². The van der Waals surface area contributed by atoms with Gasteiger partial charge in [0.15, 0.2) is 0 Å². The van der Waals surface area contributed by atoms with Crippen LogP contribution < -0.4 is 5.56 Å². The molecular weight excluding hydrogens is 347 g/mol. The van der Waals surface area contributed by atoms with Crippen LogP contribution in [0, 0.1) is 6.92 Å². The molecule has 0 fully saturated rings. The molecule has 136 valence electrons. The number of aryl methyl sites for hydroxylation is 1. The molecule has 26 heavy (non-hydrogen) atoms. The van der Waals surface area contributed by atoms with E-state index in [2.05, 4.69) is 9.97 Å². The van der Waals surface area contributed by atoms with Crippen LogP contribution in [0.4, 0.5) is 13.2 Å². The van der Waals surface area contributed by atoms with Gasteiger partial charge >= 0.3 is 6.18 Å². The molecule has 0 radical (unpaired) electrons. The maximum atomic E-state index is 12.9. The number of alkyl halides is 3. The quantitative estimate of drug-likeness (QED) is 0.749. The summed E-state index contributed by atoms with van der Waals surface area (Å²) in [6.45, 7) is 4.93. The summed E-state index contributed by atoms with van der Waals surface area (Å²) in [5, 5.41) is 9.87. The van der Waals surface area contributed by atoms with Crippen LogP contribution in [0.25, 0.3) is 16.6 Å². The van der Waals surface area contributed by atoms with Gasteiger partial charge in [-0.05, 0) is 30.7 Å². The van der Waals surface area contributed by atoms with E-state index in [0.29, 0.717) is 11.3 Å². The molecule has 0 aliphatic heterocycles. The van der Waals surface area contributed by atoms with Crippen molar-refractivity contribution >= 4 is 10.9 Å². The first-order chi connectivity index (χ1) is 12.1. The van der Waals surface area contributed by atoms with E-state index < -0.39 is 17.4 Å². The highest BCUT2D eigenvalue weighted by Gasteiger charge is 2.34. The lowest BCUT2D eigenvalue weighted by molar-refractivity contribution is -0.141. The van der Waals surface area contributed by atoms with Gasteiger partial charge in [-0.1, -0.05) is 13.8 Å². The average Bonchev–Trinajstić information content (AvgIpc) is 2.52. The second-order valence-corrected chi connectivity index (χ2v) is 6.32. The van der Waals surface area contributed by atoms with Crippen molar-refractivity contribution in [2.75, 3.05) is 0 Å². The summed E-state index contributed by atoms with van der Waals surface area (Å²) >= 11 is 0. The number of aromatic nitrogens is 3. The molecule has 5 nitrogen and oxygen atoms in total. The van der Waals surface area contributed by atoms with Crippen LogP contribution in [0.2, 0.25) is 0 Å². The Balaban J connectivity index is 2.32. The zero-order chi connectivity index (χ0) is 19.2. The number of pyridine rings is 1. The van der Waals surface area contributed by atoms with Gasteiger partial charge in [0, 0.05) is 12.0 Å². The molecular formula is C18H16F3N3O2. The Morgan fingerprint density at radius 3 is 2.46 bits per heavy atom. The number of hydrogen-bond donors (Lipinski definition) is 1. The van der Waals surface area contributed by atoms with Crippen molar-refractivity contribution in [2.24, 2.45) is 0 Å². The van der Waals surface area contributed by atoms with Crippen molar-refractivity contribution in [1.82, 2.24) is 14.5 Å². The van der Waals surface area contributed by atoms with Gasteiger partial charge in [-0.2, -0.15) is 13.2 Å². The molecule has 0 saturated heterocycles. The molecule has 0 unspecified atom stereocenters. The number of halogens is 3. The Morgan fingerprint density at radius 2 is 1.88 bits per heavy atom. The van der Waals surface area contributed by atoms with Crippen LogP contribution >= 0.6 is 0 Å². The van der Waals surface area contributed by atoms with E-state index in [-0.39, 0.29) is 28.3 Å². The van der Waals surface area contributed by atoms with E-state index in [1.165, 1.54) is 35.8 Å². The van der Waals surface area contributed by atoms with Crippen LogP contribution in [0.1, 0.15) is 36.8 Å². The zero-order valence-corrected chi connectivity index (χ0v) is 14.3. The molecule has 3 aromatic rings. The van der Waals surface area contributed by atoms with Gasteiger partial charge in [-0.15, -0.1) is 0 Å². The standard InChI is InChI=1S/C18H16F3N3O2/c1-9(2)16-23-14-7-12(25)4-5-13(14)17(26)24(16)11-6-10(3)15(22-8-11)18(19,20)21/h4-9,25H,1-3H3. The third-order valence-corrected chi connectivity index (χ3v) is 3.99. The van der Waals surface area contributed by atoms with Crippen LogP contribution in [-0.2, 0) is 6.18 Å². The summed E-state index contributed by atoms with van der Waals surface area (Å²) < 4.78 is 40.1. The number of phenols is 1. The molecule has 0 aliphatic carbocycles. The summed E-state index contributed by atoms with van der Waals surface area (Å²) in [6, 6.07) is 5.45. The van der Waals surface area contributed by atoms with E-state index in [9.17, 15) is 23.1 Å². The van der Waals surface area contributed by atoms with E-state index in [4.69, 9.17) is 0 Å². The number of rotatable bonds is 2. The lowest BCUT2D eigenvalue weighted by atomic mass is 10.1. The van der Waals surface area contributed by atoms with Gasteiger partial charge in [0.25, 0.3) is 5.56 Å². The van der Waals surface area contributed by atoms with Crippen molar-refractivity contribution in [3.05, 3.63) is 57.9 Å². The van der Waals surface area contributed by atoms with Gasteiger partial charge in [0.2, 0.25) is 0 Å². The largest absolute Gasteiger partial charge is 0.508 e. The fourth-order valence-electron chi connectivity index (χ4n) is 2.81. The molecule has 0 spiro atoms. The van der Waals surface area contributed by atoms with E-state index in [1.807, 2.05) is 13.8 Å². The molecule has 0 amide bonds. The maximum Gasteiger partial charge on any atom is 0.433 e. The van der Waals surface area contributed by atoms with E-state index in [0.717, 1.165) is 6.20 Å². The Labute approximate surface area is 146 Å². The van der Waals surface area contributed by atoms with Crippen molar-refractivity contribution in [1.29, 1.82) is 0 Å². The van der Waals surface area contributed by atoms with E-state index in [1.54, 1.807) is 0 Å². The highest BCUT2D eigenvalue weighted by molar-refractivity contribution is 5.79. The van der Waals surface area contributed by atoms with Crippen molar-refractivity contribution in [2.45, 2.75) is 32.9 Å². The first kappa shape index (κ1) is 17.9. The van der Waals surface area contributed by atoms with Crippen LogP contribution in [0.3, 0.4) is 0 Å². The summed E-state index contributed by atoms with van der Waals surface area (Å²) in [5.41, 5.74) is -0.959. The smallest absolute Gasteiger partial charge is 0.433 e. The molecule has 0 bridgehead atoms. The predicted molar refractivity (Wildman–Crippen MR) is 90.6 cm³/mol. The minimum atomic E-state index is -4.56. The fraction of sp³-hybridized carbons (Fsp3) is 0.278. The molecule has 8 heteroatoms. The topological polar surface area (TPSA) is 68.0 Å². The molecule has 1 N–H and O–H groups in total. The lowest BCUT2D eigenvalue weighted by Crippen LogP contribution is -2.25. The Bertz CT molecular complexity index is 1060. The first-order valence-electron chi connectivity index (χ1n) is 7.89. The third kappa shape index (κ3) is 3.02. The molecule has 0 saturated carbocycles. The number of aromatic hydroxyl groups is 1. The predicted octanol–water partition coefficient (Wildman–Crippen LogP) is 3.94. The van der Waals surface area contributed by atoms with Crippen LogP contribution in [0.15, 0.2) is 35.3 Å². The molecule has 2 heterocycles. The van der Waals surface area contributed by atoms with E-state index >= 15 is 0 Å². The second kappa shape index (κ2) is 6.12. The third-order valence-electron chi connectivity index (χ3n) is 3.99. The first-order valence-corrected chi connectivity index (χ1v) is 7.89. The fourth-order valence-corrected chi connectivity index (χ4v) is 2.81. The van der Waals surface area contributed by atoms with Gasteiger partial charge in [0.1, 0.15) is 17.3 Å². The Morgan fingerprint density at radius 1 is 1.19 bits per heavy atom. The maximum absolute atomic E-state index is 12.9. The second-order valence-electron chi connectivity index (χ2n) is 6.32. The summed E-state index contributed by atoms with van der Waals surface area (Å²) in [5.74, 6) is 0.162. The minimum Gasteiger partial charge on any atom is -0.508 e. The molecule has 0 atom stereocenters. The van der Waals surface area contributed by atoms with Crippen molar-refractivity contribution in [3.8, 4) is 11.4 Å². The Kier molecular flexibility index (Phi) is 4.21. The number of hydrogen-bond acceptors (Lipinski definition) is 4. The lowest BCUT2D eigenvalue weighted by Gasteiger charge is -2.17. The van der Waals surface area contributed by atoms with Gasteiger partial charge < -0.3 is 5.11 Å². The number of benzene rings is 1. The van der Waals surface area contributed by atoms with Crippen molar-refractivity contribution in [3.63, 3.8) is 0 Å². The zero-order valence-electron chi connectivity index (χ0n) is 14.3. The van der Waals surface area contributed by atoms with Crippen LogP contribution in [-0.4, -0.2) is 19.6 Å². The van der Waals surface area contributed by atoms with Gasteiger partial charge in [-0.3, -0.25) is 9.36 Å². The SMILES string of the molecule is Cc1cc(-n2c(C(C)C)nc3cc(O)ccc3c2=O)cnc1C(F)(F)F. The highest BCUT2D eigenvalue weighted by Crippen LogP contribution is 2.31. The highest BCUT2D eigenvalue weighted by atomic mass is 19.4. The number of phenolic OH excluding ortho intramolecular Hbond substituents is 1. The minimum absolute atomic E-state index is 0.0242. The Hall–Kier alpha value is -2.90. The molecule has 0 aliphatic rings. The average molecular weight is 363 g/mol. The normalized spacial score (nSPS) is 12.1. The summed E-state index contributed by atoms with van der Waals surface area (Å²) in [4.78, 5) is 20.9. The number of fused-ring (bicyclic) bond motifs is 1. The van der Waals surface area contributed by atoms with Crippen molar-refractivity contribution < 1.29 is 18.3 Å².